The molecule has 3 rings (SSSR count). The van der Waals surface area contributed by atoms with Crippen LogP contribution in [-0.4, -0.2) is 53.6 Å². The first-order chi connectivity index (χ1) is 11.5. The molecule has 1 N–H and O–H groups in total. The van der Waals surface area contributed by atoms with E-state index in [1.807, 2.05) is 29.2 Å². The number of hydrazone groups is 1. The maximum Gasteiger partial charge on any atom is 0.270 e. The molecule has 0 aliphatic carbocycles. The zero-order chi connectivity index (χ0) is 17.1. The van der Waals surface area contributed by atoms with Crippen LogP contribution >= 0.6 is 11.6 Å². The summed E-state index contributed by atoms with van der Waals surface area (Å²) in [7, 11) is 1.59. The van der Waals surface area contributed by atoms with Gasteiger partial charge in [0.15, 0.2) is 0 Å². The van der Waals surface area contributed by atoms with E-state index in [4.69, 9.17) is 11.6 Å². The number of benzene rings is 1. The molecule has 2 heterocycles. The molecule has 0 atom stereocenters. The number of hydrogen-bond donors (Lipinski definition) is 1. The summed E-state index contributed by atoms with van der Waals surface area (Å²) >= 11 is 6.17. The molecule has 0 spiro atoms. The van der Waals surface area contributed by atoms with Gasteiger partial charge in [0.1, 0.15) is 5.71 Å². The Morgan fingerprint density at radius 1 is 1.25 bits per heavy atom. The maximum absolute atomic E-state index is 12.5. The summed E-state index contributed by atoms with van der Waals surface area (Å²) in [4.78, 5) is 25.8. The number of anilines is 1. The Kier molecular flexibility index (Phi) is 5.04. The lowest BCUT2D eigenvalue weighted by Crippen LogP contribution is -2.46. The van der Waals surface area contributed by atoms with Crippen LogP contribution in [0.1, 0.15) is 25.7 Å². The van der Waals surface area contributed by atoms with Gasteiger partial charge in [0.25, 0.3) is 5.91 Å². The zero-order valence-electron chi connectivity index (χ0n) is 13.7. The molecule has 2 aliphatic rings. The van der Waals surface area contributed by atoms with Crippen molar-refractivity contribution >= 4 is 34.8 Å². The summed E-state index contributed by atoms with van der Waals surface area (Å²) in [5, 5.41) is 9.54. The Morgan fingerprint density at radius 3 is 2.62 bits per heavy atom. The van der Waals surface area contributed by atoms with Gasteiger partial charge < -0.3 is 10.2 Å². The molecule has 1 aromatic carbocycles. The van der Waals surface area contributed by atoms with Crippen LogP contribution in [0.5, 0.6) is 0 Å². The van der Waals surface area contributed by atoms with Crippen LogP contribution in [-0.2, 0) is 9.59 Å². The van der Waals surface area contributed by atoms with Crippen LogP contribution in [0.4, 0.5) is 5.69 Å². The van der Waals surface area contributed by atoms with Gasteiger partial charge in [-0.05, 0) is 25.0 Å². The Morgan fingerprint density at radius 2 is 1.96 bits per heavy atom. The van der Waals surface area contributed by atoms with Gasteiger partial charge in [-0.2, -0.15) is 5.10 Å². The standard InChI is InChI=1S/C17H21ClN4O2/c1-21-16(23)7-6-15(20-21)17(24)22-10-8-12(9-11-22)19-14-5-3-2-4-13(14)18/h2-5,12,19H,6-11H2,1H3. The average Bonchev–Trinajstić information content (AvgIpc) is 2.59. The van der Waals surface area contributed by atoms with Gasteiger partial charge in [0, 0.05) is 39.0 Å². The number of nitrogens with zero attached hydrogens (tertiary/aromatic N) is 3. The summed E-state index contributed by atoms with van der Waals surface area (Å²) in [6.45, 7) is 1.36. The lowest BCUT2D eigenvalue weighted by molar-refractivity contribution is -0.130. The number of halogens is 1. The fraction of sp³-hybridized carbons (Fsp3) is 0.471. The quantitative estimate of drug-likeness (QED) is 0.911. The minimum absolute atomic E-state index is 0.0470. The first-order valence-electron chi connectivity index (χ1n) is 8.19. The smallest absolute Gasteiger partial charge is 0.270 e. The molecule has 0 aromatic heterocycles. The largest absolute Gasteiger partial charge is 0.381 e. The first-order valence-corrected chi connectivity index (χ1v) is 8.57. The van der Waals surface area contributed by atoms with Gasteiger partial charge in [-0.1, -0.05) is 23.7 Å². The van der Waals surface area contributed by atoms with E-state index in [-0.39, 0.29) is 11.8 Å². The van der Waals surface area contributed by atoms with E-state index in [1.165, 1.54) is 5.01 Å². The molecule has 128 valence electrons. The molecule has 6 nitrogen and oxygen atoms in total. The van der Waals surface area contributed by atoms with E-state index >= 15 is 0 Å². The molecule has 2 amide bonds. The van der Waals surface area contributed by atoms with Crippen molar-refractivity contribution in [2.24, 2.45) is 5.10 Å². The summed E-state index contributed by atoms with van der Waals surface area (Å²) in [6.07, 6.45) is 2.50. The number of likely N-dealkylation sites (tertiary alicyclic amines) is 1. The van der Waals surface area contributed by atoms with Crippen molar-refractivity contribution in [3.8, 4) is 0 Å². The highest BCUT2D eigenvalue weighted by molar-refractivity contribution is 6.39. The van der Waals surface area contributed by atoms with Crippen LogP contribution in [0.25, 0.3) is 0 Å². The predicted octanol–water partition coefficient (Wildman–Crippen LogP) is 2.35. The highest BCUT2D eigenvalue weighted by Gasteiger charge is 2.29. The molecular formula is C17H21ClN4O2. The van der Waals surface area contributed by atoms with Gasteiger partial charge in [0.05, 0.1) is 10.7 Å². The predicted molar refractivity (Wildman–Crippen MR) is 94.1 cm³/mol. The minimum atomic E-state index is -0.0504. The van der Waals surface area contributed by atoms with E-state index in [1.54, 1.807) is 7.05 Å². The van der Waals surface area contributed by atoms with Crippen LogP contribution in [0.3, 0.4) is 0 Å². The average molecular weight is 349 g/mol. The molecule has 1 fully saturated rings. The zero-order valence-corrected chi connectivity index (χ0v) is 14.4. The maximum atomic E-state index is 12.5. The molecule has 1 aromatic rings. The third-order valence-electron chi connectivity index (χ3n) is 4.47. The third-order valence-corrected chi connectivity index (χ3v) is 4.80. The fourth-order valence-electron chi connectivity index (χ4n) is 3.03. The number of rotatable bonds is 3. The first kappa shape index (κ1) is 16.8. The number of carbonyl (C=O) groups is 2. The van der Waals surface area contributed by atoms with Crippen molar-refractivity contribution in [3.63, 3.8) is 0 Å². The number of carbonyl (C=O) groups excluding carboxylic acids is 2. The molecule has 7 heteroatoms. The van der Waals surface area contributed by atoms with Crippen LogP contribution in [0.2, 0.25) is 5.02 Å². The van der Waals surface area contributed by atoms with E-state index in [2.05, 4.69) is 10.4 Å². The van der Waals surface area contributed by atoms with E-state index in [9.17, 15) is 9.59 Å². The van der Waals surface area contributed by atoms with Gasteiger partial charge in [-0.15, -0.1) is 0 Å². The Balaban J connectivity index is 1.55. The Bertz CT molecular complexity index is 668. The van der Waals surface area contributed by atoms with Crippen molar-refractivity contribution in [1.29, 1.82) is 0 Å². The number of hydrogen-bond acceptors (Lipinski definition) is 4. The second-order valence-electron chi connectivity index (χ2n) is 6.15. The van der Waals surface area contributed by atoms with Crippen LogP contribution < -0.4 is 5.32 Å². The van der Waals surface area contributed by atoms with Crippen molar-refractivity contribution in [1.82, 2.24) is 9.91 Å². The molecule has 2 aliphatic heterocycles. The van der Waals surface area contributed by atoms with Crippen molar-refractivity contribution in [3.05, 3.63) is 29.3 Å². The van der Waals surface area contributed by atoms with E-state index in [0.717, 1.165) is 18.5 Å². The Labute approximate surface area is 146 Å². The summed E-state index contributed by atoms with van der Waals surface area (Å²) in [6, 6.07) is 7.98. The second kappa shape index (κ2) is 7.21. The van der Waals surface area contributed by atoms with Gasteiger partial charge in [0.2, 0.25) is 5.91 Å². The number of nitrogens with one attached hydrogen (secondary N) is 1. The van der Waals surface area contributed by atoms with E-state index < -0.39 is 0 Å². The summed E-state index contributed by atoms with van der Waals surface area (Å²) in [5.74, 6) is -0.0975. The normalized spacial score (nSPS) is 19.2. The van der Waals surface area contributed by atoms with Gasteiger partial charge in [-0.3, -0.25) is 9.59 Å². The summed E-state index contributed by atoms with van der Waals surface area (Å²) < 4.78 is 0. The molecule has 0 radical (unpaired) electrons. The Hall–Kier alpha value is -2.08. The van der Waals surface area contributed by atoms with Crippen LogP contribution in [0.15, 0.2) is 29.4 Å². The van der Waals surface area contributed by atoms with Crippen molar-refractivity contribution < 1.29 is 9.59 Å². The van der Waals surface area contributed by atoms with Crippen LogP contribution in [0, 0.1) is 0 Å². The molecule has 0 saturated carbocycles. The third kappa shape index (κ3) is 3.70. The highest BCUT2D eigenvalue weighted by atomic mass is 35.5. The minimum Gasteiger partial charge on any atom is -0.381 e. The van der Waals surface area contributed by atoms with Crippen molar-refractivity contribution in [2.75, 3.05) is 25.5 Å². The number of amides is 2. The topological polar surface area (TPSA) is 65.0 Å². The molecular weight excluding hydrogens is 328 g/mol. The van der Waals surface area contributed by atoms with Gasteiger partial charge >= 0.3 is 0 Å². The molecule has 1 saturated heterocycles. The van der Waals surface area contributed by atoms with Crippen molar-refractivity contribution in [2.45, 2.75) is 31.7 Å². The highest BCUT2D eigenvalue weighted by Crippen LogP contribution is 2.24. The number of piperidine rings is 1. The second-order valence-corrected chi connectivity index (χ2v) is 6.56. The lowest BCUT2D eigenvalue weighted by Gasteiger charge is -2.34. The SMILES string of the molecule is CN1N=C(C(=O)N2CCC(Nc3ccccc3Cl)CC2)CCC1=O. The fourth-order valence-corrected chi connectivity index (χ4v) is 3.22. The molecule has 0 unspecified atom stereocenters. The van der Waals surface area contributed by atoms with Gasteiger partial charge in [-0.25, -0.2) is 5.01 Å². The summed E-state index contributed by atoms with van der Waals surface area (Å²) in [5.41, 5.74) is 1.41. The lowest BCUT2D eigenvalue weighted by atomic mass is 10.0. The molecule has 0 bridgehead atoms. The monoisotopic (exact) mass is 348 g/mol. The van der Waals surface area contributed by atoms with E-state index in [0.29, 0.717) is 42.7 Å². The number of para-hydroxylation sites is 1. The molecule has 24 heavy (non-hydrogen) atoms.